The highest BCUT2D eigenvalue weighted by molar-refractivity contribution is 6.28. The molecule has 0 radical (unpaired) electrons. The van der Waals surface area contributed by atoms with Crippen molar-refractivity contribution in [3.8, 4) is 0 Å². The summed E-state index contributed by atoms with van der Waals surface area (Å²) < 4.78 is 0. The molecule has 0 saturated carbocycles. The van der Waals surface area contributed by atoms with E-state index in [1.165, 1.54) is 0 Å². The minimum absolute atomic E-state index is 0.142. The maximum Gasteiger partial charge on any atom is 0.224 e. The van der Waals surface area contributed by atoms with Gasteiger partial charge in [-0.25, -0.2) is 9.97 Å². The summed E-state index contributed by atoms with van der Waals surface area (Å²) in [6, 6.07) is 5.94. The Morgan fingerprint density at radius 2 is 1.94 bits per heavy atom. The number of nitrogens with one attached hydrogen (secondary N) is 1. The number of halogens is 1. The predicted molar refractivity (Wildman–Crippen MR) is 68.1 cm³/mol. The van der Waals surface area contributed by atoms with Crippen LogP contribution >= 0.6 is 11.6 Å². The average molecular weight is 249 g/mol. The van der Waals surface area contributed by atoms with Gasteiger partial charge in [-0.2, -0.15) is 0 Å². The van der Waals surface area contributed by atoms with Crippen LogP contribution in [-0.2, 0) is 0 Å². The Hall–Kier alpha value is -1.68. The van der Waals surface area contributed by atoms with Crippen LogP contribution in [-0.4, -0.2) is 15.0 Å². The van der Waals surface area contributed by atoms with Crippen LogP contribution in [0.15, 0.2) is 30.6 Å². The van der Waals surface area contributed by atoms with Crippen LogP contribution in [0, 0.1) is 6.92 Å². The van der Waals surface area contributed by atoms with Gasteiger partial charge in [-0.3, -0.25) is 4.98 Å². The smallest absolute Gasteiger partial charge is 0.224 e. The van der Waals surface area contributed by atoms with Gasteiger partial charge in [0.1, 0.15) is 5.82 Å². The largest absolute Gasteiger partial charge is 0.363 e. The van der Waals surface area contributed by atoms with Gasteiger partial charge in [0, 0.05) is 24.2 Å². The zero-order chi connectivity index (χ0) is 12.3. The summed E-state index contributed by atoms with van der Waals surface area (Å²) in [6.45, 7) is 3.94. The molecule has 0 spiro atoms. The average Bonchev–Trinajstić information content (AvgIpc) is 2.28. The Morgan fingerprint density at radius 1 is 1.24 bits per heavy atom. The molecule has 17 heavy (non-hydrogen) atoms. The lowest BCUT2D eigenvalue weighted by Crippen LogP contribution is -2.08. The molecule has 1 unspecified atom stereocenters. The summed E-state index contributed by atoms with van der Waals surface area (Å²) >= 11 is 5.81. The molecule has 2 rings (SSSR count). The van der Waals surface area contributed by atoms with Crippen LogP contribution in [0.3, 0.4) is 0 Å². The molecule has 2 aromatic heterocycles. The first-order valence-corrected chi connectivity index (χ1v) is 5.70. The number of aryl methyl sites for hydroxylation is 1. The Bertz CT molecular complexity index is 481. The molecule has 2 heterocycles. The van der Waals surface area contributed by atoms with E-state index in [1.54, 1.807) is 12.4 Å². The fourth-order valence-electron chi connectivity index (χ4n) is 1.56. The van der Waals surface area contributed by atoms with Gasteiger partial charge < -0.3 is 5.32 Å². The van der Waals surface area contributed by atoms with E-state index in [0.717, 1.165) is 17.1 Å². The molecule has 2 aromatic rings. The second-order valence-electron chi connectivity index (χ2n) is 3.81. The maximum absolute atomic E-state index is 5.81. The maximum atomic E-state index is 5.81. The highest BCUT2D eigenvalue weighted by Gasteiger charge is 2.06. The van der Waals surface area contributed by atoms with E-state index in [-0.39, 0.29) is 11.3 Å². The van der Waals surface area contributed by atoms with Gasteiger partial charge in [-0.1, -0.05) is 0 Å². The first-order valence-electron chi connectivity index (χ1n) is 5.33. The van der Waals surface area contributed by atoms with Gasteiger partial charge in [0.15, 0.2) is 0 Å². The lowest BCUT2D eigenvalue weighted by molar-refractivity contribution is 0.866. The molecule has 4 nitrogen and oxygen atoms in total. The standard InChI is InChI=1S/C12H13ClN4/c1-8-7-11(17-12(13)15-8)16-9(2)10-3-5-14-6-4-10/h3-7,9H,1-2H3,(H,15,16,17). The first kappa shape index (κ1) is 11.8. The Balaban J connectivity index is 2.16. The first-order chi connectivity index (χ1) is 8.15. The molecule has 5 heteroatoms. The lowest BCUT2D eigenvalue weighted by atomic mass is 10.1. The normalized spacial score (nSPS) is 12.2. The van der Waals surface area contributed by atoms with Crippen molar-refractivity contribution in [2.75, 3.05) is 5.32 Å². The molecule has 0 bridgehead atoms. The summed E-state index contributed by atoms with van der Waals surface area (Å²) in [5.41, 5.74) is 1.99. The predicted octanol–water partition coefficient (Wildman–Crippen LogP) is 3.01. The molecule has 0 saturated heterocycles. The minimum atomic E-state index is 0.142. The van der Waals surface area contributed by atoms with E-state index in [9.17, 15) is 0 Å². The Labute approximate surface area is 105 Å². The highest BCUT2D eigenvalue weighted by Crippen LogP contribution is 2.18. The molecule has 0 aromatic carbocycles. The van der Waals surface area contributed by atoms with Gasteiger partial charge >= 0.3 is 0 Å². The van der Waals surface area contributed by atoms with Gasteiger partial charge in [0.2, 0.25) is 5.28 Å². The van der Waals surface area contributed by atoms with Crippen LogP contribution in [0.1, 0.15) is 24.2 Å². The Kier molecular flexibility index (Phi) is 3.54. The minimum Gasteiger partial charge on any atom is -0.363 e. The fraction of sp³-hybridized carbons (Fsp3) is 0.250. The van der Waals surface area contributed by atoms with E-state index in [0.29, 0.717) is 0 Å². The van der Waals surface area contributed by atoms with Crippen molar-refractivity contribution in [3.63, 3.8) is 0 Å². The Morgan fingerprint density at radius 3 is 2.59 bits per heavy atom. The van der Waals surface area contributed by atoms with Crippen LogP contribution in [0.4, 0.5) is 5.82 Å². The molecule has 0 amide bonds. The number of rotatable bonds is 3. The van der Waals surface area contributed by atoms with Crippen LogP contribution in [0.5, 0.6) is 0 Å². The molecule has 88 valence electrons. The van der Waals surface area contributed by atoms with Crippen molar-refractivity contribution in [2.24, 2.45) is 0 Å². The van der Waals surface area contributed by atoms with E-state index in [4.69, 9.17) is 11.6 Å². The number of nitrogens with zero attached hydrogens (tertiary/aromatic N) is 3. The van der Waals surface area contributed by atoms with Crippen LogP contribution in [0.25, 0.3) is 0 Å². The molecule has 0 fully saturated rings. The number of anilines is 1. The van der Waals surface area contributed by atoms with Crippen molar-refractivity contribution in [3.05, 3.63) is 47.1 Å². The lowest BCUT2D eigenvalue weighted by Gasteiger charge is -2.14. The quantitative estimate of drug-likeness (QED) is 0.849. The molecular formula is C12H13ClN4. The van der Waals surface area contributed by atoms with Crippen molar-refractivity contribution in [1.29, 1.82) is 0 Å². The van der Waals surface area contributed by atoms with Gasteiger partial charge in [0.25, 0.3) is 0 Å². The number of hydrogen-bond donors (Lipinski definition) is 1. The molecule has 1 N–H and O–H groups in total. The SMILES string of the molecule is Cc1cc(NC(C)c2ccncc2)nc(Cl)n1. The van der Waals surface area contributed by atoms with E-state index in [1.807, 2.05) is 25.1 Å². The zero-order valence-corrected chi connectivity index (χ0v) is 10.4. The zero-order valence-electron chi connectivity index (χ0n) is 9.68. The third-order valence-corrected chi connectivity index (χ3v) is 2.57. The molecule has 0 aliphatic rings. The third-order valence-electron chi connectivity index (χ3n) is 2.40. The topological polar surface area (TPSA) is 50.7 Å². The van der Waals surface area contributed by atoms with E-state index >= 15 is 0 Å². The van der Waals surface area contributed by atoms with E-state index in [2.05, 4.69) is 27.2 Å². The second-order valence-corrected chi connectivity index (χ2v) is 4.15. The van der Waals surface area contributed by atoms with Gasteiger partial charge in [0.05, 0.1) is 6.04 Å². The van der Waals surface area contributed by atoms with Gasteiger partial charge in [-0.05, 0) is 43.1 Å². The molecule has 0 aliphatic carbocycles. The van der Waals surface area contributed by atoms with Gasteiger partial charge in [-0.15, -0.1) is 0 Å². The third kappa shape index (κ3) is 3.14. The summed E-state index contributed by atoms with van der Waals surface area (Å²) in [5.74, 6) is 0.729. The van der Waals surface area contributed by atoms with Crippen LogP contribution < -0.4 is 5.32 Å². The van der Waals surface area contributed by atoms with Crippen molar-refractivity contribution in [2.45, 2.75) is 19.9 Å². The summed E-state index contributed by atoms with van der Waals surface area (Å²) in [4.78, 5) is 12.1. The number of pyridine rings is 1. The summed E-state index contributed by atoms with van der Waals surface area (Å²) in [5, 5.41) is 3.54. The highest BCUT2D eigenvalue weighted by atomic mass is 35.5. The second kappa shape index (κ2) is 5.10. The monoisotopic (exact) mass is 248 g/mol. The van der Waals surface area contributed by atoms with Crippen molar-refractivity contribution in [1.82, 2.24) is 15.0 Å². The summed E-state index contributed by atoms with van der Waals surface area (Å²) in [6.07, 6.45) is 3.54. The molecule has 0 aliphatic heterocycles. The van der Waals surface area contributed by atoms with Crippen molar-refractivity contribution < 1.29 is 0 Å². The molecular weight excluding hydrogens is 236 g/mol. The van der Waals surface area contributed by atoms with Crippen LogP contribution in [0.2, 0.25) is 5.28 Å². The summed E-state index contributed by atoms with van der Waals surface area (Å²) in [7, 11) is 0. The number of hydrogen-bond acceptors (Lipinski definition) is 4. The van der Waals surface area contributed by atoms with Crippen molar-refractivity contribution >= 4 is 17.4 Å². The van der Waals surface area contributed by atoms with E-state index < -0.39 is 0 Å². The fourth-order valence-corrected chi connectivity index (χ4v) is 1.79. The number of aromatic nitrogens is 3. The molecule has 1 atom stereocenters.